The maximum atomic E-state index is 12.4. The highest BCUT2D eigenvalue weighted by Gasteiger charge is 2.17. The summed E-state index contributed by atoms with van der Waals surface area (Å²) in [5.41, 5.74) is 4.07. The van der Waals surface area contributed by atoms with Crippen LogP contribution in [0.2, 0.25) is 0 Å². The van der Waals surface area contributed by atoms with Crippen molar-refractivity contribution in [3.05, 3.63) is 59.2 Å². The normalized spacial score (nSPS) is 11.8. The molecule has 0 saturated heterocycles. The van der Waals surface area contributed by atoms with Crippen molar-refractivity contribution in [2.75, 3.05) is 5.32 Å². The molecule has 0 radical (unpaired) electrons. The monoisotopic (exact) mass is 297 g/mol. The maximum absolute atomic E-state index is 12.4. The number of ether oxygens (including phenoxy) is 1. The Kier molecular flexibility index (Phi) is 5.21. The average Bonchev–Trinajstić information content (AvgIpc) is 2.51. The Labute approximate surface area is 132 Å². The number of para-hydroxylation sites is 2. The van der Waals surface area contributed by atoms with Crippen LogP contribution < -0.4 is 10.1 Å². The number of aryl methyl sites for hydroxylation is 3. The molecule has 2 aromatic rings. The molecule has 0 aromatic heterocycles. The summed E-state index contributed by atoms with van der Waals surface area (Å²) in [6.45, 7) is 7.82. The Morgan fingerprint density at radius 1 is 1.09 bits per heavy atom. The van der Waals surface area contributed by atoms with Crippen LogP contribution in [0.4, 0.5) is 5.69 Å². The van der Waals surface area contributed by atoms with Gasteiger partial charge in [0.15, 0.2) is 6.10 Å². The number of anilines is 1. The molecule has 3 heteroatoms. The van der Waals surface area contributed by atoms with Gasteiger partial charge >= 0.3 is 0 Å². The number of amides is 1. The third kappa shape index (κ3) is 3.67. The molecule has 1 N–H and O–H groups in total. The summed E-state index contributed by atoms with van der Waals surface area (Å²) < 4.78 is 5.84. The molecule has 0 aliphatic rings. The first kappa shape index (κ1) is 16.1. The number of benzene rings is 2. The summed E-state index contributed by atoms with van der Waals surface area (Å²) in [6, 6.07) is 13.8. The van der Waals surface area contributed by atoms with Crippen molar-refractivity contribution in [2.45, 2.75) is 40.2 Å². The fraction of sp³-hybridized carbons (Fsp3) is 0.316. The molecule has 22 heavy (non-hydrogen) atoms. The van der Waals surface area contributed by atoms with Gasteiger partial charge in [-0.25, -0.2) is 0 Å². The van der Waals surface area contributed by atoms with Gasteiger partial charge in [-0.3, -0.25) is 4.79 Å². The quantitative estimate of drug-likeness (QED) is 0.895. The Morgan fingerprint density at radius 2 is 1.73 bits per heavy atom. The first-order chi connectivity index (χ1) is 10.5. The number of carbonyl (C=O) groups excluding carboxylic acids is 1. The van der Waals surface area contributed by atoms with Crippen LogP contribution in [0.15, 0.2) is 42.5 Å². The summed E-state index contributed by atoms with van der Waals surface area (Å²) in [7, 11) is 0. The molecule has 116 valence electrons. The van der Waals surface area contributed by atoms with Crippen LogP contribution in [-0.2, 0) is 11.2 Å². The molecule has 1 atom stereocenters. The molecule has 1 unspecified atom stereocenters. The van der Waals surface area contributed by atoms with Crippen LogP contribution in [0, 0.1) is 13.8 Å². The highest BCUT2D eigenvalue weighted by atomic mass is 16.5. The summed E-state index contributed by atoms with van der Waals surface area (Å²) in [6.07, 6.45) is 0.327. The summed E-state index contributed by atoms with van der Waals surface area (Å²) >= 11 is 0. The smallest absolute Gasteiger partial charge is 0.265 e. The van der Waals surface area contributed by atoms with Gasteiger partial charge in [-0.15, -0.1) is 0 Å². The van der Waals surface area contributed by atoms with E-state index in [2.05, 4.69) is 12.2 Å². The lowest BCUT2D eigenvalue weighted by molar-refractivity contribution is -0.122. The predicted molar refractivity (Wildman–Crippen MR) is 90.5 cm³/mol. The summed E-state index contributed by atoms with van der Waals surface area (Å²) in [5, 5.41) is 2.97. The largest absolute Gasteiger partial charge is 0.481 e. The van der Waals surface area contributed by atoms with Crippen LogP contribution >= 0.6 is 0 Å². The van der Waals surface area contributed by atoms with Crippen molar-refractivity contribution in [2.24, 2.45) is 0 Å². The molecule has 0 fully saturated rings. The zero-order valence-corrected chi connectivity index (χ0v) is 13.6. The molecule has 3 nitrogen and oxygen atoms in total. The van der Waals surface area contributed by atoms with E-state index in [1.165, 1.54) is 0 Å². The Morgan fingerprint density at radius 3 is 2.36 bits per heavy atom. The molecular formula is C19H23NO2. The van der Waals surface area contributed by atoms with Gasteiger partial charge in [-0.05, 0) is 49.9 Å². The van der Waals surface area contributed by atoms with Crippen molar-refractivity contribution in [1.82, 2.24) is 0 Å². The third-order valence-electron chi connectivity index (χ3n) is 3.76. The van der Waals surface area contributed by atoms with Gasteiger partial charge in [-0.2, -0.15) is 0 Å². The minimum Gasteiger partial charge on any atom is -0.481 e. The van der Waals surface area contributed by atoms with Gasteiger partial charge in [0, 0.05) is 5.69 Å². The Hall–Kier alpha value is -2.29. The van der Waals surface area contributed by atoms with E-state index < -0.39 is 6.10 Å². The van der Waals surface area contributed by atoms with Gasteiger partial charge in [0.05, 0.1) is 0 Å². The van der Waals surface area contributed by atoms with Crippen LogP contribution in [0.25, 0.3) is 0 Å². The number of hydrogen-bond donors (Lipinski definition) is 1. The van der Waals surface area contributed by atoms with E-state index in [0.717, 1.165) is 34.5 Å². The molecule has 0 spiro atoms. The van der Waals surface area contributed by atoms with E-state index in [9.17, 15) is 4.79 Å². The van der Waals surface area contributed by atoms with E-state index in [1.54, 1.807) is 6.92 Å². The molecule has 2 aromatic carbocycles. The van der Waals surface area contributed by atoms with Crippen LogP contribution in [0.1, 0.15) is 30.5 Å². The topological polar surface area (TPSA) is 38.3 Å². The van der Waals surface area contributed by atoms with Gasteiger partial charge in [0.1, 0.15) is 5.75 Å². The lowest BCUT2D eigenvalue weighted by atomic mass is 10.1. The summed E-state index contributed by atoms with van der Waals surface area (Å²) in [5.74, 6) is 0.637. The molecule has 0 saturated carbocycles. The van der Waals surface area contributed by atoms with Crippen molar-refractivity contribution in [1.29, 1.82) is 0 Å². The van der Waals surface area contributed by atoms with Crippen molar-refractivity contribution in [3.8, 4) is 5.75 Å². The first-order valence-corrected chi connectivity index (χ1v) is 7.64. The third-order valence-corrected chi connectivity index (χ3v) is 3.76. The van der Waals surface area contributed by atoms with E-state index in [-0.39, 0.29) is 5.91 Å². The van der Waals surface area contributed by atoms with E-state index >= 15 is 0 Å². The molecule has 0 aliphatic heterocycles. The standard InChI is InChI=1S/C19H23NO2/c1-5-16-11-6-7-12-17(16)22-15(4)19(21)20-18-13(2)9-8-10-14(18)3/h6-12,15H,5H2,1-4H3,(H,20,21). The minimum atomic E-state index is -0.549. The molecular weight excluding hydrogens is 274 g/mol. The van der Waals surface area contributed by atoms with Crippen LogP contribution in [-0.4, -0.2) is 12.0 Å². The fourth-order valence-corrected chi connectivity index (χ4v) is 2.39. The molecule has 2 rings (SSSR count). The Bertz CT molecular complexity index is 644. The minimum absolute atomic E-state index is 0.136. The number of nitrogens with one attached hydrogen (secondary N) is 1. The highest BCUT2D eigenvalue weighted by Crippen LogP contribution is 2.22. The lowest BCUT2D eigenvalue weighted by Crippen LogP contribution is -2.31. The average molecular weight is 297 g/mol. The SMILES string of the molecule is CCc1ccccc1OC(C)C(=O)Nc1c(C)cccc1C. The molecule has 1 amide bonds. The van der Waals surface area contributed by atoms with Gasteiger partial charge in [0.25, 0.3) is 5.91 Å². The van der Waals surface area contributed by atoms with Gasteiger partial charge in [0.2, 0.25) is 0 Å². The van der Waals surface area contributed by atoms with Gasteiger partial charge in [-0.1, -0.05) is 43.3 Å². The maximum Gasteiger partial charge on any atom is 0.265 e. The number of rotatable bonds is 5. The van der Waals surface area contributed by atoms with Crippen LogP contribution in [0.3, 0.4) is 0 Å². The first-order valence-electron chi connectivity index (χ1n) is 7.64. The van der Waals surface area contributed by atoms with Crippen molar-refractivity contribution < 1.29 is 9.53 Å². The predicted octanol–water partition coefficient (Wildman–Crippen LogP) is 4.27. The number of hydrogen-bond acceptors (Lipinski definition) is 2. The number of carbonyl (C=O) groups is 1. The fourth-order valence-electron chi connectivity index (χ4n) is 2.39. The Balaban J connectivity index is 2.10. The van der Waals surface area contributed by atoms with Crippen LogP contribution in [0.5, 0.6) is 5.75 Å². The van der Waals surface area contributed by atoms with E-state index in [1.807, 2.05) is 56.3 Å². The van der Waals surface area contributed by atoms with E-state index in [4.69, 9.17) is 4.74 Å². The van der Waals surface area contributed by atoms with Gasteiger partial charge < -0.3 is 10.1 Å². The summed E-state index contributed by atoms with van der Waals surface area (Å²) in [4.78, 5) is 12.4. The van der Waals surface area contributed by atoms with Crippen molar-refractivity contribution in [3.63, 3.8) is 0 Å². The molecule has 0 bridgehead atoms. The lowest BCUT2D eigenvalue weighted by Gasteiger charge is -2.18. The second kappa shape index (κ2) is 7.12. The van der Waals surface area contributed by atoms with Crippen molar-refractivity contribution >= 4 is 11.6 Å². The second-order valence-corrected chi connectivity index (χ2v) is 5.48. The zero-order chi connectivity index (χ0) is 16.1. The molecule has 0 aliphatic carbocycles. The molecule has 0 heterocycles. The zero-order valence-electron chi connectivity index (χ0n) is 13.6. The highest BCUT2D eigenvalue weighted by molar-refractivity contribution is 5.95. The second-order valence-electron chi connectivity index (χ2n) is 5.48. The van der Waals surface area contributed by atoms with E-state index in [0.29, 0.717) is 0 Å².